The first kappa shape index (κ1) is 12.4. The molecule has 0 heterocycles. The molecule has 0 aliphatic rings. The van der Waals surface area contributed by atoms with E-state index < -0.39 is 0 Å². The van der Waals surface area contributed by atoms with Crippen molar-refractivity contribution >= 4 is 0 Å². The molecule has 1 atom stereocenters. The molecular weight excluding hydrogens is 166 g/mol. The normalized spacial score (nSPS) is 13.8. The molecule has 0 aromatic rings. The van der Waals surface area contributed by atoms with Gasteiger partial charge in [-0.2, -0.15) is 5.26 Å². The predicted molar refractivity (Wildman–Crippen MR) is 51.3 cm³/mol. The van der Waals surface area contributed by atoms with Gasteiger partial charge in [-0.25, -0.2) is 0 Å². The second-order valence-electron chi connectivity index (χ2n) is 3.88. The SMILES string of the molecule is COCC(C)OCCC(C)(C)C#N. The van der Waals surface area contributed by atoms with E-state index in [9.17, 15) is 0 Å². The first-order chi connectivity index (χ1) is 6.02. The maximum absolute atomic E-state index is 8.73. The average molecular weight is 185 g/mol. The van der Waals surface area contributed by atoms with E-state index >= 15 is 0 Å². The maximum Gasteiger partial charge on any atom is 0.0780 e. The Morgan fingerprint density at radius 3 is 2.54 bits per heavy atom. The average Bonchev–Trinajstić information content (AvgIpc) is 2.05. The maximum atomic E-state index is 8.73. The first-order valence-electron chi connectivity index (χ1n) is 4.53. The smallest absolute Gasteiger partial charge is 0.0780 e. The Morgan fingerprint density at radius 1 is 1.46 bits per heavy atom. The topological polar surface area (TPSA) is 42.2 Å². The molecule has 3 heteroatoms. The van der Waals surface area contributed by atoms with Crippen LogP contribution in [0.3, 0.4) is 0 Å². The van der Waals surface area contributed by atoms with Crippen LogP contribution in [0.5, 0.6) is 0 Å². The molecule has 0 bridgehead atoms. The fraction of sp³-hybridized carbons (Fsp3) is 0.900. The van der Waals surface area contributed by atoms with E-state index in [0.717, 1.165) is 6.42 Å². The highest BCUT2D eigenvalue weighted by molar-refractivity contribution is 4.91. The Bertz CT molecular complexity index is 172. The molecular formula is C10H19NO2. The van der Waals surface area contributed by atoms with Crippen molar-refractivity contribution in [3.05, 3.63) is 0 Å². The zero-order valence-electron chi connectivity index (χ0n) is 8.96. The third-order valence-electron chi connectivity index (χ3n) is 1.83. The largest absolute Gasteiger partial charge is 0.382 e. The molecule has 13 heavy (non-hydrogen) atoms. The molecule has 0 aromatic carbocycles. The first-order valence-corrected chi connectivity index (χ1v) is 4.53. The quantitative estimate of drug-likeness (QED) is 0.635. The summed E-state index contributed by atoms with van der Waals surface area (Å²) >= 11 is 0. The molecule has 0 spiro atoms. The Hall–Kier alpha value is -0.590. The predicted octanol–water partition coefficient (Wildman–Crippen LogP) is 1.98. The van der Waals surface area contributed by atoms with Crippen molar-refractivity contribution in [3.8, 4) is 6.07 Å². The summed E-state index contributed by atoms with van der Waals surface area (Å²) in [5.41, 5.74) is -0.285. The summed E-state index contributed by atoms with van der Waals surface area (Å²) < 4.78 is 10.4. The van der Waals surface area contributed by atoms with Gasteiger partial charge in [-0.15, -0.1) is 0 Å². The van der Waals surface area contributed by atoms with Gasteiger partial charge < -0.3 is 9.47 Å². The molecule has 0 aliphatic heterocycles. The van der Waals surface area contributed by atoms with Crippen molar-refractivity contribution in [2.24, 2.45) is 5.41 Å². The lowest BCUT2D eigenvalue weighted by Gasteiger charge is -2.17. The molecule has 1 unspecified atom stereocenters. The third kappa shape index (κ3) is 6.56. The van der Waals surface area contributed by atoms with Gasteiger partial charge in [-0.05, 0) is 27.2 Å². The van der Waals surface area contributed by atoms with E-state index in [-0.39, 0.29) is 11.5 Å². The summed E-state index contributed by atoms with van der Waals surface area (Å²) in [5.74, 6) is 0. The van der Waals surface area contributed by atoms with Crippen LogP contribution in [0, 0.1) is 16.7 Å². The van der Waals surface area contributed by atoms with Crippen LogP contribution in [0.2, 0.25) is 0 Å². The van der Waals surface area contributed by atoms with Gasteiger partial charge in [0.1, 0.15) is 0 Å². The lowest BCUT2D eigenvalue weighted by molar-refractivity contribution is 0.00210. The lowest BCUT2D eigenvalue weighted by atomic mass is 9.92. The zero-order valence-corrected chi connectivity index (χ0v) is 8.96. The highest BCUT2D eigenvalue weighted by Gasteiger charge is 2.16. The minimum Gasteiger partial charge on any atom is -0.382 e. The highest BCUT2D eigenvalue weighted by atomic mass is 16.5. The summed E-state index contributed by atoms with van der Waals surface area (Å²) in [7, 11) is 1.65. The van der Waals surface area contributed by atoms with E-state index in [2.05, 4.69) is 6.07 Å². The van der Waals surface area contributed by atoms with Gasteiger partial charge in [-0.3, -0.25) is 0 Å². The Kier molecular flexibility index (Phi) is 5.68. The van der Waals surface area contributed by atoms with Crippen LogP contribution in [0.4, 0.5) is 0 Å². The summed E-state index contributed by atoms with van der Waals surface area (Å²) in [6, 6.07) is 2.24. The van der Waals surface area contributed by atoms with E-state index in [0.29, 0.717) is 13.2 Å². The molecule has 0 saturated carbocycles. The van der Waals surface area contributed by atoms with Crippen LogP contribution in [-0.2, 0) is 9.47 Å². The number of nitriles is 1. The Balaban J connectivity index is 3.51. The van der Waals surface area contributed by atoms with E-state index in [1.54, 1.807) is 7.11 Å². The van der Waals surface area contributed by atoms with Gasteiger partial charge in [0.25, 0.3) is 0 Å². The second-order valence-corrected chi connectivity index (χ2v) is 3.88. The van der Waals surface area contributed by atoms with Crippen LogP contribution in [-0.4, -0.2) is 26.4 Å². The van der Waals surface area contributed by atoms with Gasteiger partial charge in [0, 0.05) is 13.7 Å². The van der Waals surface area contributed by atoms with Gasteiger partial charge >= 0.3 is 0 Å². The zero-order chi connectivity index (χ0) is 10.3. The van der Waals surface area contributed by atoms with Gasteiger partial charge in [0.15, 0.2) is 0 Å². The Labute approximate surface area is 80.6 Å². The van der Waals surface area contributed by atoms with Crippen molar-refractivity contribution in [2.75, 3.05) is 20.3 Å². The Morgan fingerprint density at radius 2 is 2.08 bits per heavy atom. The molecule has 76 valence electrons. The van der Waals surface area contributed by atoms with Crippen molar-refractivity contribution < 1.29 is 9.47 Å². The fourth-order valence-corrected chi connectivity index (χ4v) is 0.854. The molecule has 0 aliphatic carbocycles. The van der Waals surface area contributed by atoms with Crippen molar-refractivity contribution in [1.29, 1.82) is 5.26 Å². The van der Waals surface area contributed by atoms with Gasteiger partial charge in [-0.1, -0.05) is 0 Å². The minimum absolute atomic E-state index is 0.111. The van der Waals surface area contributed by atoms with Crippen LogP contribution >= 0.6 is 0 Å². The molecule has 0 rings (SSSR count). The van der Waals surface area contributed by atoms with Crippen LogP contribution in [0.1, 0.15) is 27.2 Å². The number of hydrogen-bond donors (Lipinski definition) is 0. The number of methoxy groups -OCH3 is 1. The lowest BCUT2D eigenvalue weighted by Crippen LogP contribution is -2.19. The highest BCUT2D eigenvalue weighted by Crippen LogP contribution is 2.18. The number of nitrogens with zero attached hydrogens (tertiary/aromatic N) is 1. The molecule has 3 nitrogen and oxygen atoms in total. The van der Waals surface area contributed by atoms with Crippen molar-refractivity contribution in [1.82, 2.24) is 0 Å². The molecule has 0 radical (unpaired) electrons. The van der Waals surface area contributed by atoms with E-state index in [1.165, 1.54) is 0 Å². The fourth-order valence-electron chi connectivity index (χ4n) is 0.854. The van der Waals surface area contributed by atoms with Crippen LogP contribution in [0.25, 0.3) is 0 Å². The standard InChI is InChI=1S/C10H19NO2/c1-9(7-12-4)13-6-5-10(2,3)8-11/h9H,5-7H2,1-4H3. The molecule has 0 aromatic heterocycles. The number of ether oxygens (including phenoxy) is 2. The summed E-state index contributed by atoms with van der Waals surface area (Å²) in [4.78, 5) is 0. The van der Waals surface area contributed by atoms with Gasteiger partial charge in [0.2, 0.25) is 0 Å². The van der Waals surface area contributed by atoms with E-state index in [1.807, 2.05) is 20.8 Å². The van der Waals surface area contributed by atoms with Gasteiger partial charge in [0.05, 0.1) is 24.2 Å². The summed E-state index contributed by atoms with van der Waals surface area (Å²) in [5, 5.41) is 8.73. The number of hydrogen-bond acceptors (Lipinski definition) is 3. The summed E-state index contributed by atoms with van der Waals surface area (Å²) in [6.45, 7) is 7.01. The van der Waals surface area contributed by atoms with E-state index in [4.69, 9.17) is 14.7 Å². The third-order valence-corrected chi connectivity index (χ3v) is 1.83. The minimum atomic E-state index is -0.285. The van der Waals surface area contributed by atoms with Crippen LogP contribution in [0.15, 0.2) is 0 Å². The second kappa shape index (κ2) is 5.95. The molecule has 0 saturated heterocycles. The van der Waals surface area contributed by atoms with Crippen LogP contribution < -0.4 is 0 Å². The molecule has 0 N–H and O–H groups in total. The number of rotatable bonds is 6. The summed E-state index contributed by atoms with van der Waals surface area (Å²) in [6.07, 6.45) is 0.872. The van der Waals surface area contributed by atoms with Crippen molar-refractivity contribution in [2.45, 2.75) is 33.3 Å². The molecule has 0 amide bonds. The van der Waals surface area contributed by atoms with Crippen molar-refractivity contribution in [3.63, 3.8) is 0 Å². The molecule has 0 fully saturated rings. The monoisotopic (exact) mass is 185 g/mol.